The van der Waals surface area contributed by atoms with Gasteiger partial charge in [-0.2, -0.15) is 0 Å². The normalized spacial score (nSPS) is 23.4. The molecule has 1 unspecified atom stereocenters. The quantitative estimate of drug-likeness (QED) is 0.658. The van der Waals surface area contributed by atoms with Crippen molar-refractivity contribution in [2.75, 3.05) is 11.4 Å². The first-order valence-corrected chi connectivity index (χ1v) is 7.95. The molecule has 2 fully saturated rings. The highest BCUT2D eigenvalue weighted by Crippen LogP contribution is 2.39. The van der Waals surface area contributed by atoms with Crippen molar-refractivity contribution in [3.8, 4) is 0 Å². The average molecular weight is 292 g/mol. The van der Waals surface area contributed by atoms with E-state index in [1.165, 1.54) is 38.5 Å². The molecule has 1 atom stereocenters. The number of hydrogen-bond donors (Lipinski definition) is 2. The van der Waals surface area contributed by atoms with E-state index in [2.05, 4.69) is 4.90 Å². The third-order valence-electron chi connectivity index (χ3n) is 4.80. The van der Waals surface area contributed by atoms with Crippen LogP contribution in [-0.4, -0.2) is 18.4 Å². The summed E-state index contributed by atoms with van der Waals surface area (Å²) < 4.78 is 0. The molecule has 3 N–H and O–H groups in total. The number of nitrogen functional groups attached to an aromatic ring is 1. The van der Waals surface area contributed by atoms with Gasteiger partial charge in [-0.05, 0) is 49.8 Å². The number of nitrogens with two attached hydrogens (primary N) is 1. The number of benzene rings is 1. The number of rotatable bonds is 3. The van der Waals surface area contributed by atoms with Gasteiger partial charge in [-0.25, -0.2) is 0 Å². The van der Waals surface area contributed by atoms with Crippen molar-refractivity contribution in [1.29, 1.82) is 5.41 Å². The standard InChI is InChI=1S/C16H22ClN3/c17-12-7-8-13(16(18)19)15(10-12)20-9-3-6-14(20)11-4-1-2-5-11/h7-8,10-11,14H,1-6,9H2,(H3,18,19). The lowest BCUT2D eigenvalue weighted by Crippen LogP contribution is -2.36. The molecule has 1 saturated carbocycles. The maximum Gasteiger partial charge on any atom is 0.124 e. The Bertz CT molecular complexity index is 508. The molecule has 4 heteroatoms. The minimum absolute atomic E-state index is 0.133. The van der Waals surface area contributed by atoms with Crippen molar-refractivity contribution in [3.05, 3.63) is 28.8 Å². The van der Waals surface area contributed by atoms with E-state index < -0.39 is 0 Å². The Morgan fingerprint density at radius 3 is 2.65 bits per heavy atom. The summed E-state index contributed by atoms with van der Waals surface area (Å²) in [4.78, 5) is 2.46. The van der Waals surface area contributed by atoms with Crippen LogP contribution in [-0.2, 0) is 0 Å². The van der Waals surface area contributed by atoms with Crippen LogP contribution in [0.4, 0.5) is 5.69 Å². The van der Waals surface area contributed by atoms with Crippen molar-refractivity contribution >= 4 is 23.1 Å². The number of nitrogens with zero attached hydrogens (tertiary/aromatic N) is 1. The van der Waals surface area contributed by atoms with Gasteiger partial charge in [0.25, 0.3) is 0 Å². The van der Waals surface area contributed by atoms with Gasteiger partial charge in [0.2, 0.25) is 0 Å². The zero-order valence-corrected chi connectivity index (χ0v) is 12.5. The first kappa shape index (κ1) is 13.7. The molecule has 3 rings (SSSR count). The van der Waals surface area contributed by atoms with E-state index in [4.69, 9.17) is 22.7 Å². The van der Waals surface area contributed by atoms with Gasteiger partial charge in [0.15, 0.2) is 0 Å². The van der Waals surface area contributed by atoms with Crippen LogP contribution in [0.2, 0.25) is 5.02 Å². The largest absolute Gasteiger partial charge is 0.384 e. The molecule has 0 aromatic heterocycles. The lowest BCUT2D eigenvalue weighted by atomic mass is 9.95. The molecule has 20 heavy (non-hydrogen) atoms. The molecule has 0 radical (unpaired) electrons. The van der Waals surface area contributed by atoms with Crippen molar-refractivity contribution in [3.63, 3.8) is 0 Å². The maximum atomic E-state index is 7.79. The van der Waals surface area contributed by atoms with Crippen molar-refractivity contribution < 1.29 is 0 Å². The number of anilines is 1. The summed E-state index contributed by atoms with van der Waals surface area (Å²) in [7, 11) is 0. The van der Waals surface area contributed by atoms with Crippen LogP contribution in [0.25, 0.3) is 0 Å². The van der Waals surface area contributed by atoms with Crippen LogP contribution < -0.4 is 10.6 Å². The molecule has 0 amide bonds. The van der Waals surface area contributed by atoms with Crippen molar-refractivity contribution in [2.24, 2.45) is 11.7 Å². The molecule has 2 aliphatic rings. The third-order valence-corrected chi connectivity index (χ3v) is 5.04. The van der Waals surface area contributed by atoms with Crippen LogP contribution in [0.5, 0.6) is 0 Å². The first-order valence-electron chi connectivity index (χ1n) is 7.57. The number of hydrogen-bond acceptors (Lipinski definition) is 2. The molecule has 108 valence electrons. The number of halogens is 1. The lowest BCUT2D eigenvalue weighted by molar-refractivity contribution is 0.431. The highest BCUT2D eigenvalue weighted by molar-refractivity contribution is 6.31. The summed E-state index contributed by atoms with van der Waals surface area (Å²) in [5, 5.41) is 8.52. The van der Waals surface area contributed by atoms with E-state index in [-0.39, 0.29) is 5.84 Å². The van der Waals surface area contributed by atoms with E-state index in [9.17, 15) is 0 Å². The fourth-order valence-corrected chi connectivity index (χ4v) is 4.06. The van der Waals surface area contributed by atoms with Crippen LogP contribution in [0.3, 0.4) is 0 Å². The van der Waals surface area contributed by atoms with Crippen molar-refractivity contribution in [1.82, 2.24) is 0 Å². The van der Waals surface area contributed by atoms with E-state index in [1.54, 1.807) is 0 Å². The molecule has 1 saturated heterocycles. The Hall–Kier alpha value is -1.22. The Morgan fingerprint density at radius 1 is 1.20 bits per heavy atom. The van der Waals surface area contributed by atoms with E-state index in [1.807, 2.05) is 18.2 Å². The summed E-state index contributed by atoms with van der Waals surface area (Å²) in [6, 6.07) is 6.28. The second-order valence-electron chi connectivity index (χ2n) is 6.02. The predicted molar refractivity (Wildman–Crippen MR) is 84.8 cm³/mol. The summed E-state index contributed by atoms with van der Waals surface area (Å²) in [6.07, 6.45) is 7.90. The molecule has 3 nitrogen and oxygen atoms in total. The van der Waals surface area contributed by atoms with Gasteiger partial charge in [0.05, 0.1) is 0 Å². The molecular formula is C16H22ClN3. The van der Waals surface area contributed by atoms with E-state index in [0.29, 0.717) is 6.04 Å². The van der Waals surface area contributed by atoms with E-state index in [0.717, 1.165) is 28.7 Å². The molecule has 0 spiro atoms. The third kappa shape index (κ3) is 2.51. The predicted octanol–water partition coefficient (Wildman–Crippen LogP) is 3.78. The Kier molecular flexibility index (Phi) is 3.88. The minimum atomic E-state index is 0.133. The van der Waals surface area contributed by atoms with Crippen LogP contribution in [0.1, 0.15) is 44.1 Å². The van der Waals surface area contributed by atoms with Crippen LogP contribution in [0.15, 0.2) is 18.2 Å². The first-order chi connectivity index (χ1) is 9.66. The van der Waals surface area contributed by atoms with Gasteiger partial charge in [0, 0.05) is 28.9 Å². The Morgan fingerprint density at radius 2 is 1.95 bits per heavy atom. The summed E-state index contributed by atoms with van der Waals surface area (Å²) in [5.74, 6) is 0.935. The van der Waals surface area contributed by atoms with Gasteiger partial charge in [-0.15, -0.1) is 0 Å². The summed E-state index contributed by atoms with van der Waals surface area (Å²) in [6.45, 7) is 1.06. The average Bonchev–Trinajstić information content (AvgIpc) is 3.09. The highest BCUT2D eigenvalue weighted by atomic mass is 35.5. The second-order valence-corrected chi connectivity index (χ2v) is 6.46. The van der Waals surface area contributed by atoms with Gasteiger partial charge in [0.1, 0.15) is 5.84 Å². The zero-order valence-electron chi connectivity index (χ0n) is 11.7. The Balaban J connectivity index is 1.94. The summed E-state index contributed by atoms with van der Waals surface area (Å²) in [5.41, 5.74) is 7.62. The van der Waals surface area contributed by atoms with E-state index >= 15 is 0 Å². The fraction of sp³-hybridized carbons (Fsp3) is 0.562. The fourth-order valence-electron chi connectivity index (χ4n) is 3.89. The molecule has 1 aliphatic heterocycles. The van der Waals surface area contributed by atoms with Crippen molar-refractivity contribution in [2.45, 2.75) is 44.6 Å². The SMILES string of the molecule is N=C(N)c1ccc(Cl)cc1N1CCCC1C1CCCC1. The lowest BCUT2D eigenvalue weighted by Gasteiger charge is -2.32. The molecule has 1 aromatic carbocycles. The molecule has 1 aromatic rings. The smallest absolute Gasteiger partial charge is 0.124 e. The van der Waals surface area contributed by atoms with Gasteiger partial charge < -0.3 is 10.6 Å². The maximum absolute atomic E-state index is 7.79. The van der Waals surface area contributed by atoms with Gasteiger partial charge in [-0.3, -0.25) is 5.41 Å². The zero-order chi connectivity index (χ0) is 14.1. The topological polar surface area (TPSA) is 53.1 Å². The van der Waals surface area contributed by atoms with Gasteiger partial charge in [-0.1, -0.05) is 24.4 Å². The minimum Gasteiger partial charge on any atom is -0.384 e. The van der Waals surface area contributed by atoms with Gasteiger partial charge >= 0.3 is 0 Å². The Labute approximate surface area is 125 Å². The molecule has 1 aliphatic carbocycles. The molecular weight excluding hydrogens is 270 g/mol. The van der Waals surface area contributed by atoms with Crippen LogP contribution >= 0.6 is 11.6 Å². The highest BCUT2D eigenvalue weighted by Gasteiger charge is 2.34. The molecule has 1 heterocycles. The second kappa shape index (κ2) is 5.65. The van der Waals surface area contributed by atoms with Crippen LogP contribution in [0, 0.1) is 11.3 Å². The number of amidine groups is 1. The molecule has 0 bridgehead atoms. The monoisotopic (exact) mass is 291 g/mol. The summed E-state index contributed by atoms with van der Waals surface area (Å²) >= 11 is 6.17. The number of nitrogens with one attached hydrogen (secondary N) is 1.